The first kappa shape index (κ1) is 15.9. The lowest BCUT2D eigenvalue weighted by Gasteiger charge is -2.17. The van der Waals surface area contributed by atoms with Gasteiger partial charge in [-0.25, -0.2) is 0 Å². The summed E-state index contributed by atoms with van der Waals surface area (Å²) in [7, 11) is 0. The molecule has 23 heavy (non-hydrogen) atoms. The van der Waals surface area contributed by atoms with Crippen LogP contribution in [-0.4, -0.2) is 19.0 Å². The lowest BCUT2D eigenvalue weighted by Crippen LogP contribution is -2.24. The van der Waals surface area contributed by atoms with Crippen LogP contribution in [0.25, 0.3) is 0 Å². The van der Waals surface area contributed by atoms with Gasteiger partial charge in [-0.2, -0.15) is 0 Å². The molecule has 1 N–H and O–H groups in total. The summed E-state index contributed by atoms with van der Waals surface area (Å²) in [5.41, 5.74) is 3.37. The first-order valence-electron chi connectivity index (χ1n) is 8.06. The molecule has 4 heteroatoms. The van der Waals surface area contributed by atoms with Crippen LogP contribution in [0, 0.1) is 0 Å². The number of amides is 1. The Kier molecular flexibility index (Phi) is 5.19. The van der Waals surface area contributed by atoms with Crippen molar-refractivity contribution in [3.05, 3.63) is 64.7 Å². The molecule has 0 atom stereocenters. The van der Waals surface area contributed by atoms with Gasteiger partial charge in [-0.3, -0.25) is 4.79 Å². The Morgan fingerprint density at radius 3 is 2.22 bits per heavy atom. The van der Waals surface area contributed by atoms with Crippen LogP contribution in [0.2, 0.25) is 5.02 Å². The molecule has 1 aliphatic heterocycles. The Morgan fingerprint density at radius 1 is 0.957 bits per heavy atom. The fourth-order valence-electron chi connectivity index (χ4n) is 2.85. The van der Waals surface area contributed by atoms with Crippen molar-refractivity contribution in [1.29, 1.82) is 0 Å². The summed E-state index contributed by atoms with van der Waals surface area (Å²) in [6.45, 7) is 2.86. The van der Waals surface area contributed by atoms with Crippen molar-refractivity contribution in [3.8, 4) is 0 Å². The number of anilines is 1. The van der Waals surface area contributed by atoms with Gasteiger partial charge in [0.15, 0.2) is 0 Å². The average Bonchev–Trinajstić information content (AvgIpc) is 3.10. The lowest BCUT2D eigenvalue weighted by molar-refractivity contribution is -0.120. The number of halogens is 1. The third kappa shape index (κ3) is 4.49. The van der Waals surface area contributed by atoms with Gasteiger partial charge in [0.05, 0.1) is 6.42 Å². The normalized spacial score (nSPS) is 14.0. The molecule has 1 aliphatic rings. The van der Waals surface area contributed by atoms with E-state index in [1.807, 2.05) is 12.1 Å². The number of benzene rings is 2. The van der Waals surface area contributed by atoms with E-state index in [1.165, 1.54) is 18.5 Å². The number of hydrogen-bond acceptors (Lipinski definition) is 2. The van der Waals surface area contributed by atoms with Crippen LogP contribution in [0.4, 0.5) is 5.69 Å². The molecule has 0 radical (unpaired) electrons. The highest BCUT2D eigenvalue weighted by Gasteiger charge is 2.11. The molecule has 1 amide bonds. The van der Waals surface area contributed by atoms with Gasteiger partial charge in [0.25, 0.3) is 0 Å². The molecule has 2 aromatic rings. The van der Waals surface area contributed by atoms with Crippen molar-refractivity contribution >= 4 is 23.2 Å². The topological polar surface area (TPSA) is 32.3 Å². The summed E-state index contributed by atoms with van der Waals surface area (Å²) in [4.78, 5) is 14.4. The van der Waals surface area contributed by atoms with Crippen molar-refractivity contribution < 1.29 is 4.79 Å². The molecule has 0 saturated carbocycles. The largest absolute Gasteiger partial charge is 0.372 e. The zero-order valence-corrected chi connectivity index (χ0v) is 13.9. The highest BCUT2D eigenvalue weighted by molar-refractivity contribution is 6.30. The van der Waals surface area contributed by atoms with E-state index in [4.69, 9.17) is 11.6 Å². The second-order valence-electron chi connectivity index (χ2n) is 5.94. The van der Waals surface area contributed by atoms with E-state index < -0.39 is 0 Å². The predicted octanol–water partition coefficient (Wildman–Crippen LogP) is 3.80. The molecule has 3 rings (SSSR count). The number of rotatable bonds is 5. The van der Waals surface area contributed by atoms with Gasteiger partial charge >= 0.3 is 0 Å². The summed E-state index contributed by atoms with van der Waals surface area (Å²) in [5.74, 6) is 0.0240. The fraction of sp³-hybridized carbons (Fsp3) is 0.316. The molecule has 0 unspecified atom stereocenters. The molecule has 0 spiro atoms. The minimum absolute atomic E-state index is 0.0240. The molecule has 3 nitrogen and oxygen atoms in total. The monoisotopic (exact) mass is 328 g/mol. The van der Waals surface area contributed by atoms with Gasteiger partial charge in [-0.15, -0.1) is 0 Å². The number of hydrogen-bond donors (Lipinski definition) is 1. The first-order valence-corrected chi connectivity index (χ1v) is 8.43. The minimum Gasteiger partial charge on any atom is -0.372 e. The van der Waals surface area contributed by atoms with Crippen LogP contribution in [0.1, 0.15) is 24.0 Å². The van der Waals surface area contributed by atoms with E-state index in [2.05, 4.69) is 34.5 Å². The van der Waals surface area contributed by atoms with Crippen molar-refractivity contribution in [2.24, 2.45) is 0 Å². The highest BCUT2D eigenvalue weighted by atomic mass is 35.5. The van der Waals surface area contributed by atoms with E-state index in [9.17, 15) is 4.79 Å². The van der Waals surface area contributed by atoms with Gasteiger partial charge in [0, 0.05) is 30.3 Å². The van der Waals surface area contributed by atoms with E-state index in [-0.39, 0.29) is 5.91 Å². The minimum atomic E-state index is 0.0240. The maximum atomic E-state index is 12.0. The summed E-state index contributed by atoms with van der Waals surface area (Å²) in [6.07, 6.45) is 2.94. The molecule has 0 aliphatic carbocycles. The zero-order chi connectivity index (χ0) is 16.1. The fourth-order valence-corrected chi connectivity index (χ4v) is 2.98. The standard InChI is InChI=1S/C19H21ClN2O/c20-17-7-3-15(4-8-17)13-19(23)21-14-16-5-9-18(10-6-16)22-11-1-2-12-22/h3-10H,1-2,11-14H2,(H,21,23). The van der Waals surface area contributed by atoms with Gasteiger partial charge in [0.2, 0.25) is 5.91 Å². The maximum Gasteiger partial charge on any atom is 0.224 e. The van der Waals surface area contributed by atoms with Gasteiger partial charge in [-0.05, 0) is 48.2 Å². The second-order valence-corrected chi connectivity index (χ2v) is 6.38. The quantitative estimate of drug-likeness (QED) is 0.905. The van der Waals surface area contributed by atoms with Gasteiger partial charge in [0.1, 0.15) is 0 Å². The molecule has 2 aromatic carbocycles. The molecule has 0 bridgehead atoms. The summed E-state index contributed by atoms with van der Waals surface area (Å²) < 4.78 is 0. The zero-order valence-electron chi connectivity index (χ0n) is 13.1. The second kappa shape index (κ2) is 7.51. The molecule has 1 heterocycles. The van der Waals surface area contributed by atoms with E-state index >= 15 is 0 Å². The van der Waals surface area contributed by atoms with Crippen LogP contribution in [-0.2, 0) is 17.8 Å². The number of carbonyl (C=O) groups excluding carboxylic acids is 1. The van der Waals surface area contributed by atoms with Crippen molar-refractivity contribution in [2.75, 3.05) is 18.0 Å². The lowest BCUT2D eigenvalue weighted by atomic mass is 10.1. The van der Waals surface area contributed by atoms with E-state index in [0.29, 0.717) is 18.0 Å². The smallest absolute Gasteiger partial charge is 0.224 e. The van der Waals surface area contributed by atoms with Crippen molar-refractivity contribution in [3.63, 3.8) is 0 Å². The molecular weight excluding hydrogens is 308 g/mol. The Balaban J connectivity index is 1.49. The van der Waals surface area contributed by atoms with Gasteiger partial charge < -0.3 is 10.2 Å². The average molecular weight is 329 g/mol. The summed E-state index contributed by atoms with van der Waals surface area (Å²) in [6, 6.07) is 15.9. The Labute approximate surface area is 142 Å². The molecular formula is C19H21ClN2O. The van der Waals surface area contributed by atoms with Crippen LogP contribution < -0.4 is 10.2 Å². The number of nitrogens with zero attached hydrogens (tertiary/aromatic N) is 1. The van der Waals surface area contributed by atoms with Crippen LogP contribution in [0.3, 0.4) is 0 Å². The Morgan fingerprint density at radius 2 is 1.57 bits per heavy atom. The Bertz CT molecular complexity index is 646. The van der Waals surface area contributed by atoms with Gasteiger partial charge in [-0.1, -0.05) is 35.9 Å². The Hall–Kier alpha value is -2.00. The third-order valence-corrected chi connectivity index (χ3v) is 4.43. The van der Waals surface area contributed by atoms with Crippen molar-refractivity contribution in [2.45, 2.75) is 25.8 Å². The predicted molar refractivity (Wildman–Crippen MR) is 94.9 cm³/mol. The SMILES string of the molecule is O=C(Cc1ccc(Cl)cc1)NCc1ccc(N2CCCC2)cc1. The number of carbonyl (C=O) groups is 1. The van der Waals surface area contributed by atoms with E-state index in [0.717, 1.165) is 24.2 Å². The van der Waals surface area contributed by atoms with Crippen molar-refractivity contribution in [1.82, 2.24) is 5.32 Å². The molecule has 1 fully saturated rings. The third-order valence-electron chi connectivity index (χ3n) is 4.18. The van der Waals surface area contributed by atoms with Crippen LogP contribution >= 0.6 is 11.6 Å². The maximum absolute atomic E-state index is 12.0. The molecule has 1 saturated heterocycles. The molecule has 120 valence electrons. The first-order chi connectivity index (χ1) is 11.2. The summed E-state index contributed by atoms with van der Waals surface area (Å²) in [5, 5.41) is 3.65. The number of nitrogens with one attached hydrogen (secondary N) is 1. The van der Waals surface area contributed by atoms with Crippen LogP contribution in [0.5, 0.6) is 0 Å². The summed E-state index contributed by atoms with van der Waals surface area (Å²) >= 11 is 5.85. The van der Waals surface area contributed by atoms with Crippen LogP contribution in [0.15, 0.2) is 48.5 Å². The molecule has 0 aromatic heterocycles. The van der Waals surface area contributed by atoms with E-state index in [1.54, 1.807) is 12.1 Å². The highest BCUT2D eigenvalue weighted by Crippen LogP contribution is 2.20.